The summed E-state index contributed by atoms with van der Waals surface area (Å²) < 4.78 is 29.4. The molecular formula is C23H26O6. The largest absolute Gasteiger partial charge is 0.493 e. The van der Waals surface area contributed by atoms with Gasteiger partial charge in [0.25, 0.3) is 0 Å². The van der Waals surface area contributed by atoms with Crippen LogP contribution in [0.5, 0.6) is 28.7 Å². The van der Waals surface area contributed by atoms with Crippen molar-refractivity contribution in [3.05, 3.63) is 41.0 Å². The van der Waals surface area contributed by atoms with Crippen LogP contribution in [-0.4, -0.2) is 37.6 Å². The summed E-state index contributed by atoms with van der Waals surface area (Å²) in [5.74, 6) is 3.25. The van der Waals surface area contributed by atoms with Crippen LogP contribution < -0.4 is 23.7 Å². The molecular weight excluding hydrogens is 372 g/mol. The van der Waals surface area contributed by atoms with Crippen molar-refractivity contribution in [1.82, 2.24) is 0 Å². The van der Waals surface area contributed by atoms with Crippen LogP contribution in [0.25, 0.3) is 0 Å². The molecule has 0 saturated carbocycles. The summed E-state index contributed by atoms with van der Waals surface area (Å²) in [5.41, 5.74) is 2.51. The van der Waals surface area contributed by atoms with Gasteiger partial charge in [-0.1, -0.05) is 0 Å². The van der Waals surface area contributed by atoms with Crippen LogP contribution in [0.2, 0.25) is 0 Å². The summed E-state index contributed by atoms with van der Waals surface area (Å²) in [6, 6.07) is 7.57. The van der Waals surface area contributed by atoms with Gasteiger partial charge in [0, 0.05) is 22.8 Å². The molecule has 6 nitrogen and oxygen atoms in total. The smallest absolute Gasteiger partial charge is 0.164 e. The molecule has 3 atom stereocenters. The first-order valence-corrected chi connectivity index (χ1v) is 10.00. The van der Waals surface area contributed by atoms with E-state index in [2.05, 4.69) is 13.8 Å². The van der Waals surface area contributed by atoms with Gasteiger partial charge in [0.2, 0.25) is 0 Å². The van der Waals surface area contributed by atoms with E-state index in [-0.39, 0.29) is 17.6 Å². The second-order valence-electron chi connectivity index (χ2n) is 8.51. The second kappa shape index (κ2) is 6.46. The Morgan fingerprint density at radius 1 is 1.03 bits per heavy atom. The Morgan fingerprint density at radius 3 is 2.55 bits per heavy atom. The molecule has 0 aromatic heterocycles. The van der Waals surface area contributed by atoms with Crippen molar-refractivity contribution >= 4 is 0 Å². The van der Waals surface area contributed by atoms with E-state index in [1.165, 1.54) is 0 Å². The summed E-state index contributed by atoms with van der Waals surface area (Å²) >= 11 is 0. The molecule has 29 heavy (non-hydrogen) atoms. The highest BCUT2D eigenvalue weighted by atomic mass is 16.5. The van der Waals surface area contributed by atoms with Gasteiger partial charge in [0.05, 0.1) is 26.2 Å². The van der Waals surface area contributed by atoms with Crippen molar-refractivity contribution in [2.24, 2.45) is 0 Å². The number of methoxy groups -OCH3 is 2. The van der Waals surface area contributed by atoms with Crippen LogP contribution in [0.3, 0.4) is 0 Å². The highest BCUT2D eigenvalue weighted by molar-refractivity contribution is 5.58. The maximum atomic E-state index is 11.3. The number of rotatable bonds is 2. The number of hydrogen-bond donors (Lipinski definition) is 1. The number of aliphatic hydroxyl groups excluding tert-OH is 1. The topological polar surface area (TPSA) is 66.4 Å². The van der Waals surface area contributed by atoms with Gasteiger partial charge in [-0.3, -0.25) is 0 Å². The van der Waals surface area contributed by atoms with Crippen molar-refractivity contribution in [2.45, 2.75) is 50.4 Å². The minimum Gasteiger partial charge on any atom is -0.493 e. The average molecular weight is 398 g/mol. The molecule has 0 aliphatic carbocycles. The van der Waals surface area contributed by atoms with E-state index in [0.717, 1.165) is 41.0 Å². The molecule has 0 saturated heterocycles. The molecule has 0 fully saturated rings. The fraction of sp³-hybridized carbons (Fsp3) is 0.478. The summed E-state index contributed by atoms with van der Waals surface area (Å²) in [5, 5.41) is 11.3. The molecule has 0 bridgehead atoms. The lowest BCUT2D eigenvalue weighted by Gasteiger charge is -2.43. The molecule has 2 aromatic rings. The Morgan fingerprint density at radius 2 is 1.79 bits per heavy atom. The van der Waals surface area contributed by atoms with Crippen molar-refractivity contribution in [3.63, 3.8) is 0 Å². The van der Waals surface area contributed by atoms with Crippen molar-refractivity contribution in [3.8, 4) is 28.7 Å². The van der Waals surface area contributed by atoms with E-state index >= 15 is 0 Å². The van der Waals surface area contributed by atoms with E-state index in [0.29, 0.717) is 23.9 Å². The van der Waals surface area contributed by atoms with Gasteiger partial charge < -0.3 is 28.8 Å². The molecule has 0 unspecified atom stereocenters. The van der Waals surface area contributed by atoms with Crippen LogP contribution in [0.4, 0.5) is 0 Å². The molecule has 3 heterocycles. The van der Waals surface area contributed by atoms with Crippen LogP contribution in [-0.2, 0) is 6.42 Å². The first kappa shape index (κ1) is 18.4. The van der Waals surface area contributed by atoms with Crippen LogP contribution >= 0.6 is 0 Å². The molecule has 0 amide bonds. The van der Waals surface area contributed by atoms with E-state index in [9.17, 15) is 5.11 Å². The maximum absolute atomic E-state index is 11.3. The number of benzene rings is 2. The van der Waals surface area contributed by atoms with Crippen LogP contribution in [0.15, 0.2) is 24.3 Å². The highest BCUT2D eigenvalue weighted by Crippen LogP contribution is 2.53. The van der Waals surface area contributed by atoms with Gasteiger partial charge in [0.1, 0.15) is 35.6 Å². The van der Waals surface area contributed by atoms with Gasteiger partial charge in [-0.2, -0.15) is 0 Å². The van der Waals surface area contributed by atoms with Crippen LogP contribution in [0, 0.1) is 0 Å². The quantitative estimate of drug-likeness (QED) is 0.831. The van der Waals surface area contributed by atoms with E-state index in [4.69, 9.17) is 23.7 Å². The number of aliphatic hydroxyl groups is 1. The fourth-order valence-corrected chi connectivity index (χ4v) is 4.67. The lowest BCUT2D eigenvalue weighted by molar-refractivity contribution is -0.00109. The van der Waals surface area contributed by atoms with E-state index < -0.39 is 6.10 Å². The number of hydrogen-bond acceptors (Lipinski definition) is 6. The highest BCUT2D eigenvalue weighted by Gasteiger charge is 2.45. The Kier molecular flexibility index (Phi) is 4.10. The third-order valence-corrected chi connectivity index (χ3v) is 6.22. The van der Waals surface area contributed by atoms with Gasteiger partial charge in [0.15, 0.2) is 11.5 Å². The Hall–Kier alpha value is -2.60. The average Bonchev–Trinajstić information content (AvgIpc) is 2.71. The molecule has 154 valence electrons. The monoisotopic (exact) mass is 398 g/mol. The summed E-state index contributed by atoms with van der Waals surface area (Å²) in [6.07, 6.45) is 0.771. The lowest BCUT2D eigenvalue weighted by Crippen LogP contribution is -2.42. The molecule has 0 radical (unpaired) electrons. The fourth-order valence-electron chi connectivity index (χ4n) is 4.67. The van der Waals surface area contributed by atoms with Crippen molar-refractivity contribution < 1.29 is 28.8 Å². The molecule has 0 spiro atoms. The van der Waals surface area contributed by atoms with Gasteiger partial charge in [-0.15, -0.1) is 0 Å². The minimum atomic E-state index is -0.704. The third kappa shape index (κ3) is 2.81. The normalized spacial score (nSPS) is 25.8. The van der Waals surface area contributed by atoms with E-state index in [1.54, 1.807) is 14.2 Å². The molecule has 1 N–H and O–H groups in total. The predicted octanol–water partition coefficient (Wildman–Crippen LogP) is 3.78. The van der Waals surface area contributed by atoms with E-state index in [1.807, 2.05) is 24.3 Å². The molecule has 3 aliphatic rings. The summed E-state index contributed by atoms with van der Waals surface area (Å²) in [4.78, 5) is 0. The summed E-state index contributed by atoms with van der Waals surface area (Å²) in [7, 11) is 3.19. The molecule has 2 aromatic carbocycles. The standard InChI is InChI=1S/C23H26O6/c1-23(2)8-7-12-15(29-23)6-5-13-21(24)20-14-9-17(25-3)18(26-4)10-16(14)27-11-19(20)28-22(12)13/h5-6,9-10,19-21,24H,7-8,11H2,1-4H3/t19-,20+,21-/m1/s1. The minimum absolute atomic E-state index is 0.195. The SMILES string of the molecule is COc1cc2c(cc1OC)[C@@H]1[C@H](O)c3ccc4c(c3O[C@@H]1CO2)CCC(C)(C)O4. The first-order valence-electron chi connectivity index (χ1n) is 10.00. The van der Waals surface area contributed by atoms with Crippen molar-refractivity contribution in [1.29, 1.82) is 0 Å². The van der Waals surface area contributed by atoms with Crippen molar-refractivity contribution in [2.75, 3.05) is 20.8 Å². The second-order valence-corrected chi connectivity index (χ2v) is 8.51. The maximum Gasteiger partial charge on any atom is 0.164 e. The third-order valence-electron chi connectivity index (χ3n) is 6.22. The Labute approximate surface area is 170 Å². The zero-order valence-corrected chi connectivity index (χ0v) is 17.2. The Balaban J connectivity index is 1.58. The zero-order valence-electron chi connectivity index (χ0n) is 17.2. The zero-order chi connectivity index (χ0) is 20.3. The molecule has 5 rings (SSSR count). The van der Waals surface area contributed by atoms with Gasteiger partial charge >= 0.3 is 0 Å². The lowest BCUT2D eigenvalue weighted by atomic mass is 9.79. The Bertz CT molecular complexity index is 966. The summed E-state index contributed by atoms with van der Waals surface area (Å²) in [6.45, 7) is 4.54. The predicted molar refractivity (Wildman–Crippen MR) is 107 cm³/mol. The first-order chi connectivity index (χ1) is 13.9. The van der Waals surface area contributed by atoms with Crippen LogP contribution in [0.1, 0.15) is 49.0 Å². The van der Waals surface area contributed by atoms with Gasteiger partial charge in [-0.05, 0) is 44.9 Å². The number of fused-ring (bicyclic) bond motifs is 6. The number of ether oxygens (including phenoxy) is 5. The molecule has 6 heteroatoms. The van der Waals surface area contributed by atoms with Gasteiger partial charge in [-0.25, -0.2) is 0 Å². The molecule has 3 aliphatic heterocycles.